The Balaban J connectivity index is 1.26. The SMILES string of the molecule is O=C(O)[C@H]1O[C@@H]2O[C@H]3[C@H](O)[C@@H](O)[C@@H](O[C@H]4[C@H](O)[C@@H](O)[C@@H](O[C@H]5[C@H](O)[C@@H](O)[C@@H](O[C@H]6[C@H](O)[C@@H](O)[C@@H](O[C@H]7[C@H](O)[C@@H](O)[C@@H](O[C@H]1[C@H](O)[C@H]2O)O[C@@H]7C(=O)O)O[C@@H]6C(=O)O)O[C@@H]5C(=O)O)O[C@@H]4C(=O)O)O[C@@H]3C(=O)O. The van der Waals surface area contributed by atoms with E-state index in [1.165, 1.54) is 0 Å². The van der Waals surface area contributed by atoms with Crippen LogP contribution in [0, 0.1) is 0 Å². The number of carbonyl (C=O) groups is 6. The van der Waals surface area contributed by atoms with E-state index in [0.717, 1.165) is 0 Å². The van der Waals surface area contributed by atoms with Gasteiger partial charge in [0.2, 0.25) is 0 Å². The lowest BCUT2D eigenvalue weighted by molar-refractivity contribution is -0.394. The normalized spacial score (nSPS) is 51.3. The Morgan fingerprint density at radius 2 is 0.306 bits per heavy atom. The summed E-state index contributed by atoms with van der Waals surface area (Å²) >= 11 is 0. The van der Waals surface area contributed by atoms with Crippen LogP contribution in [0.25, 0.3) is 0 Å². The van der Waals surface area contributed by atoms with Crippen LogP contribution in [-0.4, -0.2) is 312 Å². The van der Waals surface area contributed by atoms with Crippen molar-refractivity contribution in [2.24, 2.45) is 0 Å². The van der Waals surface area contributed by atoms with Gasteiger partial charge in [-0.25, -0.2) is 28.8 Å². The van der Waals surface area contributed by atoms with E-state index in [2.05, 4.69) is 0 Å². The molecule has 30 atom stereocenters. The summed E-state index contributed by atoms with van der Waals surface area (Å²) in [5, 5.41) is 194. The Kier molecular flexibility index (Phi) is 16.7. The lowest BCUT2D eigenvalue weighted by Crippen LogP contribution is -2.70. The van der Waals surface area contributed by atoms with Crippen LogP contribution in [0.3, 0.4) is 0 Å². The maximum Gasteiger partial charge on any atom is 0.335 e. The van der Waals surface area contributed by atoms with Crippen molar-refractivity contribution < 1.29 is 178 Å². The number of aliphatic hydroxyl groups is 12. The smallest absolute Gasteiger partial charge is 0.335 e. The first-order valence-electron chi connectivity index (χ1n) is 21.1. The molecule has 12 bridgehead atoms. The number of aliphatic carboxylic acids is 6. The van der Waals surface area contributed by atoms with Crippen LogP contribution in [0.4, 0.5) is 0 Å². The van der Waals surface area contributed by atoms with Gasteiger partial charge in [-0.1, -0.05) is 0 Å². The van der Waals surface area contributed by atoms with Crippen LogP contribution in [0.2, 0.25) is 0 Å². The number of aliphatic hydroxyl groups excluding tert-OH is 12. The number of hydrogen-bond donors (Lipinski definition) is 18. The van der Waals surface area contributed by atoms with Gasteiger partial charge in [0.15, 0.2) is 74.4 Å². The fraction of sp³-hybridized carbons (Fsp3) is 0.833. The second-order valence-electron chi connectivity index (χ2n) is 17.1. The van der Waals surface area contributed by atoms with E-state index in [-0.39, 0.29) is 0 Å². The summed E-state index contributed by atoms with van der Waals surface area (Å²) in [5.41, 5.74) is 0. The quantitative estimate of drug-likeness (QED) is 0.117. The number of carboxylic acid groups (broad SMARTS) is 6. The molecule has 36 nitrogen and oxygen atoms in total. The lowest BCUT2D eigenvalue weighted by atomic mass is 9.94. The van der Waals surface area contributed by atoms with E-state index in [1.54, 1.807) is 0 Å². The number of rotatable bonds is 6. The van der Waals surface area contributed by atoms with Crippen LogP contribution >= 0.6 is 0 Å². The van der Waals surface area contributed by atoms with Crippen molar-refractivity contribution in [1.82, 2.24) is 0 Å². The fourth-order valence-electron chi connectivity index (χ4n) is 8.73. The van der Waals surface area contributed by atoms with E-state index >= 15 is 0 Å². The fourth-order valence-corrected chi connectivity index (χ4v) is 8.73. The van der Waals surface area contributed by atoms with Crippen molar-refractivity contribution in [3.05, 3.63) is 0 Å². The molecule has 0 saturated carbocycles. The summed E-state index contributed by atoms with van der Waals surface area (Å²) in [4.78, 5) is 75.0. The number of ether oxygens (including phenoxy) is 12. The van der Waals surface area contributed by atoms with Gasteiger partial charge < -0.3 is 149 Å². The van der Waals surface area contributed by atoms with Crippen molar-refractivity contribution in [3.8, 4) is 0 Å². The standard InChI is InChI=1S/C36H48O36/c37-1-7(43)31-62-14-3(39)9(45)33(69-20(14)26(51)52)64-16-5(41)11(47)35(71-22(16)28(55)56)66-18-6(42)12(48)36(72-24(18)30(59)60)65-17-4(40)10(46)34(70-23(17)29(57)58)63-15-2(38)8(44)32(68-21(15)27(53)54)61-13(1)19(67-31)25(49)50/h1-24,31-48H,(H,49,50)(H,51,52)(H,53,54)(H,55,56)(H,57,58)(H,59,60)/t1-,2-,3-,4-,5-,6-,7-,8-,9-,10-,11-,12-,13+,14+,15+,16+,17+,18+,19+,20+,21+,22+,23+,24+,31+,32+,33+,34+,35+,36+/m1/s1. The van der Waals surface area contributed by atoms with E-state index < -0.39 is 220 Å². The van der Waals surface area contributed by atoms with Gasteiger partial charge in [0.1, 0.15) is 110 Å². The maximum absolute atomic E-state index is 12.5. The van der Waals surface area contributed by atoms with Gasteiger partial charge in [-0.05, 0) is 0 Å². The molecule has 408 valence electrons. The Bertz CT molecular complexity index is 1650. The molecule has 0 radical (unpaired) electrons. The molecule has 36 heteroatoms. The third-order valence-electron chi connectivity index (χ3n) is 12.5. The maximum atomic E-state index is 12.5. The van der Waals surface area contributed by atoms with Crippen LogP contribution in [0.1, 0.15) is 0 Å². The summed E-state index contributed by atoms with van der Waals surface area (Å²) < 4.78 is 63.2. The summed E-state index contributed by atoms with van der Waals surface area (Å²) in [6.45, 7) is 0. The first kappa shape index (κ1) is 55.6. The van der Waals surface area contributed by atoms with Gasteiger partial charge >= 0.3 is 35.8 Å². The van der Waals surface area contributed by atoms with Crippen molar-refractivity contribution >= 4 is 35.8 Å². The molecule has 0 spiro atoms. The average molecular weight is 1060 g/mol. The van der Waals surface area contributed by atoms with Gasteiger partial charge in [0.25, 0.3) is 0 Å². The molecule has 22 saturated heterocycles. The second kappa shape index (κ2) is 21.6. The first-order valence-corrected chi connectivity index (χ1v) is 21.1. The van der Waals surface area contributed by atoms with E-state index in [0.29, 0.717) is 0 Å². The Labute approximate surface area is 397 Å². The summed E-state index contributed by atoms with van der Waals surface area (Å²) in [6, 6.07) is 0. The highest BCUT2D eigenvalue weighted by Gasteiger charge is 2.62. The summed E-state index contributed by atoms with van der Waals surface area (Å²) in [6.07, 6.45) is -77.2. The van der Waals surface area contributed by atoms with Crippen molar-refractivity contribution in [2.45, 2.75) is 184 Å². The van der Waals surface area contributed by atoms with Crippen molar-refractivity contribution in [1.29, 1.82) is 0 Å². The van der Waals surface area contributed by atoms with Gasteiger partial charge in [-0.3, -0.25) is 0 Å². The highest BCUT2D eigenvalue weighted by atomic mass is 16.8. The molecule has 0 aromatic rings. The van der Waals surface area contributed by atoms with Crippen molar-refractivity contribution in [3.63, 3.8) is 0 Å². The third kappa shape index (κ3) is 10.3. The molecule has 22 rings (SSSR count). The monoisotopic (exact) mass is 1060 g/mol. The molecule has 18 N–H and O–H groups in total. The third-order valence-corrected chi connectivity index (χ3v) is 12.5. The summed E-state index contributed by atoms with van der Waals surface area (Å²) in [7, 11) is 0. The predicted octanol–water partition coefficient (Wildman–Crippen LogP) is -12.5. The topological polar surface area (TPSA) is 577 Å². The second-order valence-corrected chi connectivity index (χ2v) is 17.1. The van der Waals surface area contributed by atoms with Crippen LogP contribution < -0.4 is 0 Å². The molecule has 22 fully saturated rings. The highest BCUT2D eigenvalue weighted by molar-refractivity contribution is 5.76. The molecular weight excluding hydrogens is 1010 g/mol. The minimum Gasteiger partial charge on any atom is -0.479 e. The Hall–Kier alpha value is -4.14. The van der Waals surface area contributed by atoms with Crippen LogP contribution in [0.15, 0.2) is 0 Å². The molecule has 72 heavy (non-hydrogen) atoms. The summed E-state index contributed by atoms with van der Waals surface area (Å²) in [5.74, 6) is -12.6. The largest absolute Gasteiger partial charge is 0.479 e. The average Bonchev–Trinajstić information content (AvgIpc) is 3.30. The Morgan fingerprint density at radius 1 is 0.194 bits per heavy atom. The zero-order valence-electron chi connectivity index (χ0n) is 35.7. The molecule has 22 aliphatic heterocycles. The highest BCUT2D eigenvalue weighted by Crippen LogP contribution is 2.38. The minimum atomic E-state index is -2.61. The zero-order valence-corrected chi connectivity index (χ0v) is 35.7. The lowest BCUT2D eigenvalue weighted by Gasteiger charge is -2.49. The molecule has 22 heterocycles. The van der Waals surface area contributed by atoms with Crippen molar-refractivity contribution in [2.75, 3.05) is 0 Å². The minimum absolute atomic E-state index is 2.10. The first-order chi connectivity index (χ1) is 33.7. The van der Waals surface area contributed by atoms with Gasteiger partial charge in [-0.2, -0.15) is 0 Å². The molecule has 0 aromatic heterocycles. The molecule has 0 amide bonds. The van der Waals surface area contributed by atoms with Crippen LogP contribution in [-0.2, 0) is 85.6 Å². The number of hydrogen-bond acceptors (Lipinski definition) is 30. The number of carboxylic acids is 6. The van der Waals surface area contributed by atoms with E-state index in [9.17, 15) is 121 Å². The molecule has 0 aromatic carbocycles. The van der Waals surface area contributed by atoms with E-state index in [1.807, 2.05) is 0 Å². The molecule has 0 aliphatic carbocycles. The molecule has 22 aliphatic rings. The predicted molar refractivity (Wildman–Crippen MR) is 199 cm³/mol. The Morgan fingerprint density at radius 3 is 0.403 bits per heavy atom. The van der Waals surface area contributed by atoms with Gasteiger partial charge in [0.05, 0.1) is 0 Å². The van der Waals surface area contributed by atoms with E-state index in [4.69, 9.17) is 56.8 Å². The molecule has 0 unspecified atom stereocenters. The van der Waals surface area contributed by atoms with Gasteiger partial charge in [0, 0.05) is 0 Å². The molecular formula is C36H48O36. The van der Waals surface area contributed by atoms with Gasteiger partial charge in [-0.15, -0.1) is 0 Å². The zero-order chi connectivity index (χ0) is 53.3. The van der Waals surface area contributed by atoms with Crippen LogP contribution in [0.5, 0.6) is 0 Å².